The van der Waals surface area contributed by atoms with Crippen LogP contribution in [0.3, 0.4) is 0 Å². The maximum absolute atomic E-state index is 2.80. The van der Waals surface area contributed by atoms with Gasteiger partial charge in [-0.25, -0.2) is 0 Å². The van der Waals surface area contributed by atoms with E-state index in [-0.39, 0.29) is 0 Å². The van der Waals surface area contributed by atoms with Crippen LogP contribution in [0.25, 0.3) is 0 Å². The molecule has 1 saturated carbocycles. The second kappa shape index (κ2) is 2.46. The van der Waals surface area contributed by atoms with Crippen LogP contribution in [0.2, 0.25) is 0 Å². The van der Waals surface area contributed by atoms with Crippen LogP contribution in [0.4, 0.5) is 0 Å². The topological polar surface area (TPSA) is 3.24 Å². The van der Waals surface area contributed by atoms with Gasteiger partial charge in [0.2, 0.25) is 0 Å². The molecule has 1 aliphatic carbocycles. The standard InChI is InChI=1S/C11H19NS/c1-10(2)9-4-3-5-12-6-7-13-8-11(9,10)12/h9H,3-8H2,1-2H3. The van der Waals surface area contributed by atoms with Crippen LogP contribution in [-0.4, -0.2) is 35.0 Å². The van der Waals surface area contributed by atoms with Gasteiger partial charge >= 0.3 is 0 Å². The lowest BCUT2D eigenvalue weighted by atomic mass is 10.0. The first-order chi connectivity index (χ1) is 6.19. The van der Waals surface area contributed by atoms with Gasteiger partial charge in [0, 0.05) is 23.6 Å². The van der Waals surface area contributed by atoms with Crippen LogP contribution < -0.4 is 0 Å². The van der Waals surface area contributed by atoms with E-state index >= 15 is 0 Å². The summed E-state index contributed by atoms with van der Waals surface area (Å²) < 4.78 is 0. The quantitative estimate of drug-likeness (QED) is 0.586. The van der Waals surface area contributed by atoms with E-state index in [1.165, 1.54) is 37.4 Å². The summed E-state index contributed by atoms with van der Waals surface area (Å²) in [5.41, 5.74) is 1.26. The Balaban J connectivity index is 1.94. The van der Waals surface area contributed by atoms with Crippen molar-refractivity contribution < 1.29 is 0 Å². The van der Waals surface area contributed by atoms with Crippen LogP contribution in [0.15, 0.2) is 0 Å². The third kappa shape index (κ3) is 0.847. The Morgan fingerprint density at radius 1 is 1.31 bits per heavy atom. The average Bonchev–Trinajstić information content (AvgIpc) is 2.63. The smallest absolute Gasteiger partial charge is 0.0388 e. The van der Waals surface area contributed by atoms with Gasteiger partial charge in [-0.05, 0) is 30.7 Å². The molecule has 74 valence electrons. The van der Waals surface area contributed by atoms with Crippen molar-refractivity contribution in [3.05, 3.63) is 0 Å². The van der Waals surface area contributed by atoms with E-state index in [0.29, 0.717) is 11.0 Å². The van der Waals surface area contributed by atoms with Crippen molar-refractivity contribution >= 4 is 11.8 Å². The van der Waals surface area contributed by atoms with E-state index < -0.39 is 0 Å². The predicted molar refractivity (Wildman–Crippen MR) is 58.1 cm³/mol. The zero-order valence-electron chi connectivity index (χ0n) is 8.68. The summed E-state index contributed by atoms with van der Waals surface area (Å²) >= 11 is 2.18. The number of piperidine rings is 1. The lowest BCUT2D eigenvalue weighted by molar-refractivity contribution is 0.137. The normalized spacial score (nSPS) is 48.0. The molecule has 0 aromatic carbocycles. The van der Waals surface area contributed by atoms with Crippen molar-refractivity contribution in [3.8, 4) is 0 Å². The van der Waals surface area contributed by atoms with Gasteiger partial charge in [0.25, 0.3) is 0 Å². The van der Waals surface area contributed by atoms with Crippen molar-refractivity contribution in [3.63, 3.8) is 0 Å². The van der Waals surface area contributed by atoms with Crippen LogP contribution in [0.5, 0.6) is 0 Å². The molecule has 0 radical (unpaired) electrons. The summed E-state index contributed by atoms with van der Waals surface area (Å²) in [5, 5.41) is 0. The summed E-state index contributed by atoms with van der Waals surface area (Å²) in [6.45, 7) is 7.70. The molecular formula is C11H19NS. The van der Waals surface area contributed by atoms with E-state index in [1.807, 2.05) is 0 Å². The van der Waals surface area contributed by atoms with Gasteiger partial charge in [-0.1, -0.05) is 13.8 Å². The molecule has 0 aromatic heterocycles. The minimum atomic E-state index is 0.622. The first kappa shape index (κ1) is 8.60. The van der Waals surface area contributed by atoms with E-state index in [1.54, 1.807) is 0 Å². The second-order valence-electron chi connectivity index (χ2n) is 5.38. The molecule has 2 atom stereocenters. The van der Waals surface area contributed by atoms with Gasteiger partial charge in [0.05, 0.1) is 0 Å². The minimum absolute atomic E-state index is 0.622. The minimum Gasteiger partial charge on any atom is -0.295 e. The van der Waals surface area contributed by atoms with Crippen molar-refractivity contribution in [2.24, 2.45) is 11.3 Å². The number of hydrogen-bond donors (Lipinski definition) is 0. The highest BCUT2D eigenvalue weighted by Crippen LogP contribution is 2.70. The molecule has 1 nitrogen and oxygen atoms in total. The summed E-state index contributed by atoms with van der Waals surface area (Å²) in [4.78, 5) is 2.80. The summed E-state index contributed by atoms with van der Waals surface area (Å²) in [5.74, 6) is 3.79. The molecule has 2 unspecified atom stereocenters. The molecular weight excluding hydrogens is 178 g/mol. The molecule has 2 heteroatoms. The molecule has 3 aliphatic rings. The Bertz CT molecular complexity index is 236. The predicted octanol–water partition coefficient (Wildman–Crippen LogP) is 2.22. The van der Waals surface area contributed by atoms with Crippen LogP contribution >= 0.6 is 11.8 Å². The zero-order valence-corrected chi connectivity index (χ0v) is 9.49. The molecule has 0 amide bonds. The monoisotopic (exact) mass is 197 g/mol. The first-order valence-electron chi connectivity index (χ1n) is 5.52. The highest BCUT2D eigenvalue weighted by molar-refractivity contribution is 7.99. The molecule has 0 aromatic rings. The highest BCUT2D eigenvalue weighted by Gasteiger charge is 2.74. The maximum atomic E-state index is 2.80. The van der Waals surface area contributed by atoms with Gasteiger partial charge in [0.1, 0.15) is 0 Å². The van der Waals surface area contributed by atoms with Gasteiger partial charge in [-0.2, -0.15) is 11.8 Å². The van der Waals surface area contributed by atoms with Gasteiger partial charge in [-0.3, -0.25) is 4.90 Å². The van der Waals surface area contributed by atoms with Gasteiger partial charge < -0.3 is 0 Å². The van der Waals surface area contributed by atoms with Crippen molar-refractivity contribution in [2.75, 3.05) is 24.6 Å². The van der Waals surface area contributed by atoms with Crippen LogP contribution in [-0.2, 0) is 0 Å². The van der Waals surface area contributed by atoms with E-state index in [0.717, 1.165) is 5.92 Å². The fourth-order valence-corrected chi connectivity index (χ4v) is 5.51. The molecule has 3 rings (SSSR count). The van der Waals surface area contributed by atoms with E-state index in [9.17, 15) is 0 Å². The molecule has 2 saturated heterocycles. The van der Waals surface area contributed by atoms with Crippen LogP contribution in [0, 0.1) is 11.3 Å². The SMILES string of the molecule is CC1(C)C2CCCN3CCSCC231. The lowest BCUT2D eigenvalue weighted by Gasteiger charge is -2.41. The Kier molecular flexibility index (Phi) is 1.63. The van der Waals surface area contributed by atoms with Crippen molar-refractivity contribution in [1.82, 2.24) is 4.90 Å². The molecule has 13 heavy (non-hydrogen) atoms. The van der Waals surface area contributed by atoms with Gasteiger partial charge in [-0.15, -0.1) is 0 Å². The fourth-order valence-electron chi connectivity index (χ4n) is 3.95. The summed E-state index contributed by atoms with van der Waals surface area (Å²) in [6, 6.07) is 0. The molecule has 0 bridgehead atoms. The number of rotatable bonds is 0. The number of hydrogen-bond acceptors (Lipinski definition) is 2. The van der Waals surface area contributed by atoms with Crippen LogP contribution in [0.1, 0.15) is 26.7 Å². The first-order valence-corrected chi connectivity index (χ1v) is 6.68. The molecule has 0 N–H and O–H groups in total. The molecule has 2 aliphatic heterocycles. The second-order valence-corrected chi connectivity index (χ2v) is 6.49. The Labute approximate surface area is 85.3 Å². The lowest BCUT2D eigenvalue weighted by Crippen LogP contribution is -2.50. The number of thioether (sulfide) groups is 1. The Morgan fingerprint density at radius 3 is 2.92 bits per heavy atom. The van der Waals surface area contributed by atoms with Crippen molar-refractivity contribution in [2.45, 2.75) is 32.2 Å². The van der Waals surface area contributed by atoms with E-state index in [4.69, 9.17) is 0 Å². The molecule has 2 heterocycles. The summed E-state index contributed by atoms with van der Waals surface area (Å²) in [7, 11) is 0. The Morgan fingerprint density at radius 2 is 2.15 bits per heavy atom. The maximum Gasteiger partial charge on any atom is 0.0388 e. The largest absolute Gasteiger partial charge is 0.295 e. The Hall–Kier alpha value is 0.310. The van der Waals surface area contributed by atoms with Gasteiger partial charge in [0.15, 0.2) is 0 Å². The van der Waals surface area contributed by atoms with Crippen molar-refractivity contribution in [1.29, 1.82) is 0 Å². The number of nitrogens with zero attached hydrogens (tertiary/aromatic N) is 1. The third-order valence-corrected chi connectivity index (χ3v) is 5.91. The highest BCUT2D eigenvalue weighted by atomic mass is 32.2. The molecule has 1 spiro atoms. The molecule has 3 fully saturated rings. The average molecular weight is 197 g/mol. The zero-order chi connectivity index (χ0) is 9.10. The van der Waals surface area contributed by atoms with E-state index in [2.05, 4.69) is 30.5 Å². The third-order valence-electron chi connectivity index (χ3n) is 4.79. The fraction of sp³-hybridized carbons (Fsp3) is 1.00. The summed E-state index contributed by atoms with van der Waals surface area (Å²) in [6.07, 6.45) is 2.94.